The first-order chi connectivity index (χ1) is 8.59. The molecule has 1 aromatic carbocycles. The van der Waals surface area contributed by atoms with E-state index in [9.17, 15) is 13.6 Å². The third-order valence-corrected chi connectivity index (χ3v) is 2.37. The number of benzene rings is 1. The molecule has 0 amide bonds. The number of hydrogen-bond donors (Lipinski definition) is 0. The van der Waals surface area contributed by atoms with Crippen LogP contribution in [0.5, 0.6) is 5.75 Å². The van der Waals surface area contributed by atoms with Crippen molar-refractivity contribution in [3.63, 3.8) is 0 Å². The maximum absolute atomic E-state index is 13.4. The van der Waals surface area contributed by atoms with Crippen molar-refractivity contribution in [1.82, 2.24) is 4.98 Å². The van der Waals surface area contributed by atoms with Gasteiger partial charge in [-0.25, -0.2) is 14.2 Å². The summed E-state index contributed by atoms with van der Waals surface area (Å²) in [5.41, 5.74) is -0.00717. The average molecular weight is 270 g/mol. The fourth-order valence-corrected chi connectivity index (χ4v) is 1.37. The molecular formula is C12H6ClF2NO2. The van der Waals surface area contributed by atoms with Gasteiger partial charge < -0.3 is 4.74 Å². The molecule has 0 unspecified atom stereocenters. The van der Waals surface area contributed by atoms with Crippen molar-refractivity contribution in [3.8, 4) is 5.75 Å². The molecule has 1 heterocycles. The number of rotatable bonds is 2. The van der Waals surface area contributed by atoms with Crippen molar-refractivity contribution >= 4 is 17.6 Å². The van der Waals surface area contributed by atoms with Crippen LogP contribution < -0.4 is 4.74 Å². The third-order valence-electron chi connectivity index (χ3n) is 2.08. The maximum Gasteiger partial charge on any atom is 0.362 e. The number of carbonyl (C=O) groups excluding carboxylic acids is 1. The Morgan fingerprint density at radius 2 is 1.94 bits per heavy atom. The minimum Gasteiger partial charge on any atom is -0.419 e. The topological polar surface area (TPSA) is 39.2 Å². The molecule has 6 heteroatoms. The summed E-state index contributed by atoms with van der Waals surface area (Å²) in [5, 5.41) is -0.384. The molecule has 0 atom stereocenters. The number of nitrogens with zero attached hydrogens (tertiary/aromatic N) is 1. The molecule has 0 aliphatic heterocycles. The quantitative estimate of drug-likeness (QED) is 0.477. The fourth-order valence-electron chi connectivity index (χ4n) is 1.22. The number of hydrogen-bond acceptors (Lipinski definition) is 3. The van der Waals surface area contributed by atoms with Crippen molar-refractivity contribution in [2.24, 2.45) is 0 Å². The van der Waals surface area contributed by atoms with Crippen LogP contribution in [-0.4, -0.2) is 11.0 Å². The van der Waals surface area contributed by atoms with Gasteiger partial charge in [0.15, 0.2) is 11.6 Å². The van der Waals surface area contributed by atoms with Crippen molar-refractivity contribution in [3.05, 3.63) is 58.9 Å². The highest BCUT2D eigenvalue weighted by molar-refractivity contribution is 6.30. The summed E-state index contributed by atoms with van der Waals surface area (Å²) in [5.74, 6) is -3.99. The van der Waals surface area contributed by atoms with Gasteiger partial charge >= 0.3 is 5.97 Å². The Labute approximate surface area is 106 Å². The minimum absolute atomic E-state index is 0.00717. The summed E-state index contributed by atoms with van der Waals surface area (Å²) in [6.07, 6.45) is 1.38. The van der Waals surface area contributed by atoms with Gasteiger partial charge in [0, 0.05) is 6.20 Å². The summed E-state index contributed by atoms with van der Waals surface area (Å²) in [7, 11) is 0. The SMILES string of the molecule is O=C(Oc1ccc(Cl)c(F)c1F)c1ccccn1. The molecule has 2 aromatic rings. The zero-order valence-corrected chi connectivity index (χ0v) is 9.62. The Morgan fingerprint density at radius 1 is 1.17 bits per heavy atom. The molecule has 0 N–H and O–H groups in total. The first-order valence-corrected chi connectivity index (χ1v) is 5.24. The van der Waals surface area contributed by atoms with Crippen LogP contribution >= 0.6 is 11.6 Å². The second-order valence-corrected chi connectivity index (χ2v) is 3.69. The molecule has 0 radical (unpaired) electrons. The van der Waals surface area contributed by atoms with Crippen molar-refractivity contribution in [1.29, 1.82) is 0 Å². The minimum atomic E-state index is -1.31. The predicted octanol–water partition coefficient (Wildman–Crippen LogP) is 3.23. The number of ether oxygens (including phenoxy) is 1. The summed E-state index contributed by atoms with van der Waals surface area (Å²) in [4.78, 5) is 15.3. The van der Waals surface area contributed by atoms with Crippen LogP contribution in [0.1, 0.15) is 10.5 Å². The van der Waals surface area contributed by atoms with E-state index in [1.807, 2.05) is 0 Å². The van der Waals surface area contributed by atoms with Crippen LogP contribution in [0.2, 0.25) is 5.02 Å². The zero-order chi connectivity index (χ0) is 13.1. The van der Waals surface area contributed by atoms with Crippen LogP contribution in [0.4, 0.5) is 8.78 Å². The molecule has 1 aromatic heterocycles. The second-order valence-electron chi connectivity index (χ2n) is 3.28. The van der Waals surface area contributed by atoms with Gasteiger partial charge in [0.1, 0.15) is 5.69 Å². The van der Waals surface area contributed by atoms with E-state index < -0.39 is 23.4 Å². The van der Waals surface area contributed by atoms with E-state index in [0.717, 1.165) is 12.1 Å². The standard InChI is InChI=1S/C12H6ClF2NO2/c13-7-4-5-9(11(15)10(7)14)18-12(17)8-3-1-2-6-16-8/h1-6H. The molecule has 0 spiro atoms. The van der Waals surface area contributed by atoms with Gasteiger partial charge in [-0.15, -0.1) is 0 Å². The van der Waals surface area contributed by atoms with Crippen molar-refractivity contribution in [2.75, 3.05) is 0 Å². The van der Waals surface area contributed by atoms with E-state index in [4.69, 9.17) is 16.3 Å². The van der Waals surface area contributed by atoms with Gasteiger partial charge in [-0.05, 0) is 24.3 Å². The summed E-state index contributed by atoms with van der Waals surface area (Å²) in [6.45, 7) is 0. The molecule has 0 fully saturated rings. The maximum atomic E-state index is 13.4. The monoisotopic (exact) mass is 269 g/mol. The van der Waals surface area contributed by atoms with Gasteiger partial charge in [-0.3, -0.25) is 0 Å². The van der Waals surface area contributed by atoms with Gasteiger partial charge in [-0.1, -0.05) is 17.7 Å². The van der Waals surface area contributed by atoms with Crippen molar-refractivity contribution in [2.45, 2.75) is 0 Å². The summed E-state index contributed by atoms with van der Waals surface area (Å²) in [6, 6.07) is 6.75. The molecule has 0 saturated heterocycles. The molecule has 3 nitrogen and oxygen atoms in total. The van der Waals surface area contributed by atoms with Crippen molar-refractivity contribution < 1.29 is 18.3 Å². The van der Waals surface area contributed by atoms with E-state index in [1.54, 1.807) is 12.1 Å². The lowest BCUT2D eigenvalue weighted by Gasteiger charge is -2.05. The Hall–Kier alpha value is -2.01. The van der Waals surface area contributed by atoms with Gasteiger partial charge in [0.2, 0.25) is 5.82 Å². The molecule has 2 rings (SSSR count). The predicted molar refractivity (Wildman–Crippen MR) is 60.6 cm³/mol. The van der Waals surface area contributed by atoms with Crippen LogP contribution in [0.3, 0.4) is 0 Å². The van der Waals surface area contributed by atoms with E-state index >= 15 is 0 Å². The smallest absolute Gasteiger partial charge is 0.362 e. The third kappa shape index (κ3) is 2.46. The highest BCUT2D eigenvalue weighted by Gasteiger charge is 2.17. The fraction of sp³-hybridized carbons (Fsp3) is 0. The summed E-state index contributed by atoms with van der Waals surface area (Å²) < 4.78 is 31.2. The highest BCUT2D eigenvalue weighted by Crippen LogP contribution is 2.26. The average Bonchev–Trinajstić information content (AvgIpc) is 2.40. The molecule has 0 bridgehead atoms. The number of pyridine rings is 1. The molecule has 0 aliphatic carbocycles. The zero-order valence-electron chi connectivity index (χ0n) is 8.86. The molecule has 0 saturated carbocycles. The lowest BCUT2D eigenvalue weighted by molar-refractivity contribution is 0.0720. The van der Waals surface area contributed by atoms with Gasteiger partial charge in [-0.2, -0.15) is 4.39 Å². The first kappa shape index (κ1) is 12.4. The first-order valence-electron chi connectivity index (χ1n) is 4.86. The van der Waals surface area contributed by atoms with Crippen LogP contribution in [0.25, 0.3) is 0 Å². The number of esters is 1. The van der Waals surface area contributed by atoms with E-state index in [2.05, 4.69) is 4.98 Å². The lowest BCUT2D eigenvalue weighted by Crippen LogP contribution is -2.11. The largest absolute Gasteiger partial charge is 0.419 e. The number of aromatic nitrogens is 1. The normalized spacial score (nSPS) is 10.2. The Bertz CT molecular complexity index is 590. The molecule has 0 aliphatic rings. The van der Waals surface area contributed by atoms with Crippen LogP contribution in [0, 0.1) is 11.6 Å². The van der Waals surface area contributed by atoms with Gasteiger partial charge in [0.05, 0.1) is 5.02 Å². The van der Waals surface area contributed by atoms with E-state index in [0.29, 0.717) is 0 Å². The summed E-state index contributed by atoms with van der Waals surface area (Å²) >= 11 is 5.37. The lowest BCUT2D eigenvalue weighted by atomic mass is 10.3. The number of halogens is 3. The Morgan fingerprint density at radius 3 is 2.61 bits per heavy atom. The molecular weight excluding hydrogens is 264 g/mol. The highest BCUT2D eigenvalue weighted by atomic mass is 35.5. The Kier molecular flexibility index (Phi) is 3.53. The number of carbonyl (C=O) groups is 1. The van der Waals surface area contributed by atoms with Gasteiger partial charge in [0.25, 0.3) is 0 Å². The molecule has 18 heavy (non-hydrogen) atoms. The van der Waals surface area contributed by atoms with E-state index in [-0.39, 0.29) is 10.7 Å². The Balaban J connectivity index is 2.26. The van der Waals surface area contributed by atoms with Crippen LogP contribution in [0.15, 0.2) is 36.5 Å². The van der Waals surface area contributed by atoms with Crippen LogP contribution in [-0.2, 0) is 0 Å². The second kappa shape index (κ2) is 5.10. The van der Waals surface area contributed by atoms with E-state index in [1.165, 1.54) is 12.3 Å². The molecule has 92 valence electrons.